The van der Waals surface area contributed by atoms with Crippen LogP contribution in [0.3, 0.4) is 0 Å². The number of benzene rings is 1. The van der Waals surface area contributed by atoms with E-state index in [1.165, 1.54) is 11.0 Å². The van der Waals surface area contributed by atoms with Crippen LogP contribution in [-0.2, 0) is 0 Å². The van der Waals surface area contributed by atoms with Gasteiger partial charge in [0.15, 0.2) is 5.96 Å². The summed E-state index contributed by atoms with van der Waals surface area (Å²) in [5.41, 5.74) is 10.9. The lowest BCUT2D eigenvalue weighted by Gasteiger charge is -2.25. The highest BCUT2D eigenvalue weighted by atomic mass is 19.1. The Morgan fingerprint density at radius 2 is 2.00 bits per heavy atom. The molecule has 1 aromatic carbocycles. The average Bonchev–Trinajstić information content (AvgIpc) is 2.27. The van der Waals surface area contributed by atoms with Crippen molar-refractivity contribution in [3.63, 3.8) is 0 Å². The summed E-state index contributed by atoms with van der Waals surface area (Å²) in [6.45, 7) is 1.77. The average molecular weight is 237 g/mol. The zero-order chi connectivity index (χ0) is 13.0. The standard InChI is InChI=1S/C11H16FN5/c1-7(8-5-3-4-6-9(8)12)17(2)11(15)16-10(13)14/h3-7H,1-2H3,(H5,13,14,15,16). The van der Waals surface area contributed by atoms with Gasteiger partial charge in [-0.25, -0.2) is 4.39 Å². The number of hydrogen-bond donors (Lipinski definition) is 3. The van der Waals surface area contributed by atoms with Gasteiger partial charge in [-0.15, -0.1) is 0 Å². The van der Waals surface area contributed by atoms with Crippen molar-refractivity contribution in [3.8, 4) is 0 Å². The van der Waals surface area contributed by atoms with Gasteiger partial charge >= 0.3 is 0 Å². The van der Waals surface area contributed by atoms with Gasteiger partial charge in [-0.3, -0.25) is 5.41 Å². The predicted octanol–water partition coefficient (Wildman–Crippen LogP) is 1.03. The van der Waals surface area contributed by atoms with Crippen LogP contribution < -0.4 is 11.5 Å². The molecule has 0 aliphatic heterocycles. The fraction of sp³-hybridized carbons (Fsp3) is 0.273. The van der Waals surface area contributed by atoms with Crippen molar-refractivity contribution in [2.75, 3.05) is 7.05 Å². The summed E-state index contributed by atoms with van der Waals surface area (Å²) in [7, 11) is 1.63. The third-order valence-electron chi connectivity index (χ3n) is 2.51. The lowest BCUT2D eigenvalue weighted by molar-refractivity contribution is 0.383. The molecule has 0 heterocycles. The number of hydrogen-bond acceptors (Lipinski definition) is 1. The first kappa shape index (κ1) is 13.0. The van der Waals surface area contributed by atoms with E-state index in [1.807, 2.05) is 0 Å². The van der Waals surface area contributed by atoms with E-state index in [2.05, 4.69) is 4.99 Å². The first-order valence-electron chi connectivity index (χ1n) is 5.09. The molecule has 1 aromatic rings. The van der Waals surface area contributed by atoms with Crippen LogP contribution in [-0.4, -0.2) is 23.9 Å². The molecule has 1 atom stereocenters. The summed E-state index contributed by atoms with van der Waals surface area (Å²) in [5, 5.41) is 7.63. The van der Waals surface area contributed by atoms with E-state index >= 15 is 0 Å². The van der Waals surface area contributed by atoms with E-state index in [-0.39, 0.29) is 23.8 Å². The summed E-state index contributed by atoms with van der Waals surface area (Å²) in [6, 6.07) is 6.08. The third kappa shape index (κ3) is 3.17. The zero-order valence-corrected chi connectivity index (χ0v) is 9.81. The Morgan fingerprint density at radius 1 is 1.41 bits per heavy atom. The quantitative estimate of drug-likeness (QED) is 0.530. The molecule has 1 rings (SSSR count). The summed E-state index contributed by atoms with van der Waals surface area (Å²) < 4.78 is 13.5. The van der Waals surface area contributed by atoms with Crippen LogP contribution >= 0.6 is 0 Å². The Hall–Kier alpha value is -2.11. The Balaban J connectivity index is 2.91. The fourth-order valence-electron chi connectivity index (χ4n) is 1.41. The number of rotatable bonds is 2. The first-order valence-corrected chi connectivity index (χ1v) is 5.09. The number of aliphatic imine (C=N–C) groups is 1. The van der Waals surface area contributed by atoms with Crippen molar-refractivity contribution in [2.45, 2.75) is 13.0 Å². The highest BCUT2D eigenvalue weighted by Gasteiger charge is 2.17. The van der Waals surface area contributed by atoms with E-state index in [0.29, 0.717) is 5.56 Å². The highest BCUT2D eigenvalue weighted by molar-refractivity contribution is 5.91. The van der Waals surface area contributed by atoms with Crippen LogP contribution in [0.2, 0.25) is 0 Å². The van der Waals surface area contributed by atoms with Crippen LogP contribution in [0.4, 0.5) is 4.39 Å². The summed E-state index contributed by atoms with van der Waals surface area (Å²) in [6.07, 6.45) is 0. The number of nitrogens with zero attached hydrogens (tertiary/aromatic N) is 2. The van der Waals surface area contributed by atoms with Gasteiger partial charge in [0.05, 0.1) is 6.04 Å². The van der Waals surface area contributed by atoms with E-state index < -0.39 is 0 Å². The van der Waals surface area contributed by atoms with Crippen molar-refractivity contribution in [2.24, 2.45) is 16.5 Å². The molecule has 0 bridgehead atoms. The van der Waals surface area contributed by atoms with Crippen molar-refractivity contribution in [3.05, 3.63) is 35.6 Å². The van der Waals surface area contributed by atoms with Gasteiger partial charge < -0.3 is 16.4 Å². The minimum absolute atomic E-state index is 0.110. The second kappa shape index (κ2) is 5.29. The monoisotopic (exact) mass is 237 g/mol. The molecular formula is C11H16FN5. The maximum Gasteiger partial charge on any atom is 0.221 e. The normalized spacial score (nSPS) is 11.7. The van der Waals surface area contributed by atoms with E-state index in [4.69, 9.17) is 16.9 Å². The Bertz CT molecular complexity index is 439. The predicted molar refractivity (Wildman–Crippen MR) is 66.1 cm³/mol. The molecule has 0 saturated carbocycles. The maximum absolute atomic E-state index is 13.5. The Kier molecular flexibility index (Phi) is 4.03. The molecule has 0 aliphatic carbocycles. The SMILES string of the molecule is CC(c1ccccc1F)N(C)C(=N)N=C(N)N. The maximum atomic E-state index is 13.5. The highest BCUT2D eigenvalue weighted by Crippen LogP contribution is 2.21. The Morgan fingerprint density at radius 3 is 2.53 bits per heavy atom. The molecule has 0 radical (unpaired) electrons. The molecule has 5 nitrogen and oxygen atoms in total. The molecule has 6 heteroatoms. The van der Waals surface area contributed by atoms with Gasteiger partial charge in [0.25, 0.3) is 0 Å². The van der Waals surface area contributed by atoms with Gasteiger partial charge in [-0.05, 0) is 13.0 Å². The van der Waals surface area contributed by atoms with Crippen LogP contribution in [0.15, 0.2) is 29.3 Å². The van der Waals surface area contributed by atoms with Crippen molar-refractivity contribution in [1.82, 2.24) is 4.90 Å². The number of nitrogens with two attached hydrogens (primary N) is 2. The van der Waals surface area contributed by atoms with Crippen LogP contribution in [0, 0.1) is 11.2 Å². The van der Waals surface area contributed by atoms with Crippen LogP contribution in [0.25, 0.3) is 0 Å². The molecule has 17 heavy (non-hydrogen) atoms. The second-order valence-corrected chi connectivity index (χ2v) is 3.67. The number of halogens is 1. The number of nitrogens with one attached hydrogen (secondary N) is 1. The lowest BCUT2D eigenvalue weighted by Crippen LogP contribution is -2.32. The molecule has 0 fully saturated rings. The van der Waals surface area contributed by atoms with E-state index in [1.54, 1.807) is 32.2 Å². The second-order valence-electron chi connectivity index (χ2n) is 3.67. The van der Waals surface area contributed by atoms with Gasteiger partial charge in [0, 0.05) is 12.6 Å². The van der Waals surface area contributed by atoms with Crippen molar-refractivity contribution in [1.29, 1.82) is 5.41 Å². The molecule has 0 saturated heterocycles. The molecular weight excluding hydrogens is 221 g/mol. The largest absolute Gasteiger partial charge is 0.370 e. The summed E-state index contributed by atoms with van der Waals surface area (Å²) in [5.74, 6) is -0.618. The van der Waals surface area contributed by atoms with Gasteiger partial charge in [0.2, 0.25) is 5.96 Å². The minimum Gasteiger partial charge on any atom is -0.370 e. The molecule has 0 aliphatic rings. The van der Waals surface area contributed by atoms with Gasteiger partial charge in [-0.2, -0.15) is 4.99 Å². The van der Waals surface area contributed by atoms with Crippen LogP contribution in [0.1, 0.15) is 18.5 Å². The van der Waals surface area contributed by atoms with Crippen molar-refractivity contribution < 1.29 is 4.39 Å². The topological polar surface area (TPSA) is 91.5 Å². The van der Waals surface area contributed by atoms with Crippen LogP contribution in [0.5, 0.6) is 0 Å². The Labute approximate surface area is 99.4 Å². The molecule has 0 aromatic heterocycles. The minimum atomic E-state index is -0.327. The van der Waals surface area contributed by atoms with Gasteiger partial charge in [-0.1, -0.05) is 18.2 Å². The number of guanidine groups is 2. The summed E-state index contributed by atoms with van der Waals surface area (Å²) >= 11 is 0. The van der Waals surface area contributed by atoms with Gasteiger partial charge in [0.1, 0.15) is 5.82 Å². The lowest BCUT2D eigenvalue weighted by atomic mass is 10.1. The third-order valence-corrected chi connectivity index (χ3v) is 2.51. The van der Waals surface area contributed by atoms with E-state index in [0.717, 1.165) is 0 Å². The molecule has 92 valence electrons. The smallest absolute Gasteiger partial charge is 0.221 e. The van der Waals surface area contributed by atoms with Crippen molar-refractivity contribution >= 4 is 11.9 Å². The fourth-order valence-corrected chi connectivity index (χ4v) is 1.41. The molecule has 1 unspecified atom stereocenters. The molecule has 0 spiro atoms. The first-order chi connectivity index (χ1) is 7.93. The summed E-state index contributed by atoms with van der Waals surface area (Å²) in [4.78, 5) is 5.10. The van der Waals surface area contributed by atoms with E-state index in [9.17, 15) is 4.39 Å². The zero-order valence-electron chi connectivity index (χ0n) is 9.81. The molecule has 0 amide bonds. The molecule has 5 N–H and O–H groups in total.